The summed E-state index contributed by atoms with van der Waals surface area (Å²) < 4.78 is 0. The van der Waals surface area contributed by atoms with Crippen LogP contribution in [0.1, 0.15) is 31.4 Å². The van der Waals surface area contributed by atoms with E-state index >= 15 is 0 Å². The van der Waals surface area contributed by atoms with Gasteiger partial charge in [-0.05, 0) is 44.4 Å². The molecule has 0 saturated heterocycles. The number of aryl methyl sites for hydroxylation is 2. The molecule has 1 aromatic rings. The monoisotopic (exact) mass is 246 g/mol. The molecule has 0 radical (unpaired) electrons. The standard InChI is InChI=1S/C16H26N2/c1-12(2)16(11-17-4)18-9-5-6-14-10-13(3)7-8-15(14)18/h7-8,10,12,16-17H,5-6,9,11H2,1-4H3. The molecule has 1 unspecified atom stereocenters. The highest BCUT2D eigenvalue weighted by Gasteiger charge is 2.25. The molecule has 1 aliphatic heterocycles. The van der Waals surface area contributed by atoms with Gasteiger partial charge in [0.05, 0.1) is 0 Å². The molecule has 0 aliphatic carbocycles. The molecular formula is C16H26N2. The van der Waals surface area contributed by atoms with Crippen LogP contribution < -0.4 is 10.2 Å². The topological polar surface area (TPSA) is 15.3 Å². The molecule has 1 aromatic carbocycles. The molecule has 0 fully saturated rings. The number of anilines is 1. The average Bonchev–Trinajstić information content (AvgIpc) is 2.34. The fourth-order valence-corrected chi connectivity index (χ4v) is 3.01. The second-order valence-corrected chi connectivity index (χ2v) is 5.80. The summed E-state index contributed by atoms with van der Waals surface area (Å²) in [6.07, 6.45) is 2.52. The molecule has 0 amide bonds. The van der Waals surface area contributed by atoms with Gasteiger partial charge in [0.1, 0.15) is 0 Å². The van der Waals surface area contributed by atoms with Crippen molar-refractivity contribution in [3.63, 3.8) is 0 Å². The van der Waals surface area contributed by atoms with Crippen LogP contribution in [0, 0.1) is 12.8 Å². The Kier molecular flexibility index (Phi) is 4.28. The van der Waals surface area contributed by atoms with Crippen molar-refractivity contribution in [3.05, 3.63) is 29.3 Å². The van der Waals surface area contributed by atoms with E-state index in [2.05, 4.69) is 56.2 Å². The summed E-state index contributed by atoms with van der Waals surface area (Å²) in [6, 6.07) is 7.51. The summed E-state index contributed by atoms with van der Waals surface area (Å²) in [5.74, 6) is 0.671. The minimum atomic E-state index is 0.594. The number of fused-ring (bicyclic) bond motifs is 1. The first-order valence-electron chi connectivity index (χ1n) is 7.14. The largest absolute Gasteiger partial charge is 0.367 e. The fourth-order valence-electron chi connectivity index (χ4n) is 3.01. The average molecular weight is 246 g/mol. The summed E-state index contributed by atoms with van der Waals surface area (Å²) >= 11 is 0. The van der Waals surface area contributed by atoms with Crippen LogP contribution >= 0.6 is 0 Å². The van der Waals surface area contributed by atoms with E-state index in [4.69, 9.17) is 0 Å². The van der Waals surface area contributed by atoms with Gasteiger partial charge in [-0.2, -0.15) is 0 Å². The quantitative estimate of drug-likeness (QED) is 0.878. The van der Waals surface area contributed by atoms with Crippen molar-refractivity contribution < 1.29 is 0 Å². The number of likely N-dealkylation sites (N-methyl/N-ethyl adjacent to an activating group) is 1. The minimum Gasteiger partial charge on any atom is -0.367 e. The third-order valence-electron chi connectivity index (χ3n) is 3.97. The molecule has 1 heterocycles. The summed E-state index contributed by atoms with van der Waals surface area (Å²) in [6.45, 7) is 9.09. The summed E-state index contributed by atoms with van der Waals surface area (Å²) in [5.41, 5.74) is 4.37. The Bertz CT molecular complexity index is 398. The van der Waals surface area contributed by atoms with Gasteiger partial charge in [-0.15, -0.1) is 0 Å². The van der Waals surface area contributed by atoms with Crippen molar-refractivity contribution in [1.29, 1.82) is 0 Å². The van der Waals surface area contributed by atoms with E-state index < -0.39 is 0 Å². The van der Waals surface area contributed by atoms with Crippen molar-refractivity contribution in [1.82, 2.24) is 5.32 Å². The first-order valence-corrected chi connectivity index (χ1v) is 7.14. The Morgan fingerprint density at radius 1 is 1.33 bits per heavy atom. The van der Waals surface area contributed by atoms with E-state index in [1.54, 1.807) is 0 Å². The maximum atomic E-state index is 3.35. The second kappa shape index (κ2) is 5.75. The first kappa shape index (κ1) is 13.4. The highest BCUT2D eigenvalue weighted by atomic mass is 15.2. The molecule has 2 rings (SSSR count). The molecule has 0 aromatic heterocycles. The van der Waals surface area contributed by atoms with E-state index in [-0.39, 0.29) is 0 Å². The molecule has 18 heavy (non-hydrogen) atoms. The molecular weight excluding hydrogens is 220 g/mol. The third kappa shape index (κ3) is 2.69. The van der Waals surface area contributed by atoms with Crippen LogP contribution in [0.5, 0.6) is 0 Å². The van der Waals surface area contributed by atoms with Gasteiger partial charge in [0.25, 0.3) is 0 Å². The lowest BCUT2D eigenvalue weighted by molar-refractivity contribution is 0.428. The molecule has 0 saturated carbocycles. The molecule has 1 N–H and O–H groups in total. The van der Waals surface area contributed by atoms with Crippen LogP contribution in [0.4, 0.5) is 5.69 Å². The second-order valence-electron chi connectivity index (χ2n) is 5.80. The van der Waals surface area contributed by atoms with Crippen molar-refractivity contribution in [3.8, 4) is 0 Å². The summed E-state index contributed by atoms with van der Waals surface area (Å²) in [7, 11) is 2.05. The Labute approximate surface area is 111 Å². The molecule has 2 nitrogen and oxygen atoms in total. The first-order chi connectivity index (χ1) is 8.63. The molecule has 1 atom stereocenters. The maximum Gasteiger partial charge on any atom is 0.0437 e. The van der Waals surface area contributed by atoms with E-state index in [1.165, 1.54) is 36.2 Å². The minimum absolute atomic E-state index is 0.594. The molecule has 2 heteroatoms. The number of rotatable bonds is 4. The Morgan fingerprint density at radius 3 is 2.78 bits per heavy atom. The maximum absolute atomic E-state index is 3.35. The Hall–Kier alpha value is -1.02. The van der Waals surface area contributed by atoms with Crippen LogP contribution in [0.25, 0.3) is 0 Å². The molecule has 100 valence electrons. The van der Waals surface area contributed by atoms with Crippen LogP contribution in [0.2, 0.25) is 0 Å². The van der Waals surface area contributed by atoms with Gasteiger partial charge in [-0.1, -0.05) is 31.5 Å². The van der Waals surface area contributed by atoms with Crippen molar-refractivity contribution in [2.45, 2.75) is 39.7 Å². The zero-order valence-electron chi connectivity index (χ0n) is 12.2. The number of nitrogens with zero attached hydrogens (tertiary/aromatic N) is 1. The van der Waals surface area contributed by atoms with Crippen molar-refractivity contribution in [2.75, 3.05) is 25.0 Å². The van der Waals surface area contributed by atoms with Crippen LogP contribution in [-0.2, 0) is 6.42 Å². The third-order valence-corrected chi connectivity index (χ3v) is 3.97. The normalized spacial score (nSPS) is 16.8. The van der Waals surface area contributed by atoms with E-state index in [0.29, 0.717) is 12.0 Å². The van der Waals surface area contributed by atoms with Gasteiger partial charge < -0.3 is 10.2 Å². The van der Waals surface area contributed by atoms with Gasteiger partial charge in [0.2, 0.25) is 0 Å². The van der Waals surface area contributed by atoms with Crippen molar-refractivity contribution >= 4 is 5.69 Å². The SMILES string of the molecule is CNCC(C(C)C)N1CCCc2cc(C)ccc21. The smallest absolute Gasteiger partial charge is 0.0437 e. The highest BCUT2D eigenvalue weighted by molar-refractivity contribution is 5.57. The zero-order chi connectivity index (χ0) is 13.1. The van der Waals surface area contributed by atoms with Crippen LogP contribution in [0.15, 0.2) is 18.2 Å². The zero-order valence-corrected chi connectivity index (χ0v) is 12.2. The Morgan fingerprint density at radius 2 is 2.11 bits per heavy atom. The van der Waals surface area contributed by atoms with Crippen LogP contribution in [0.3, 0.4) is 0 Å². The predicted molar refractivity (Wildman–Crippen MR) is 79.4 cm³/mol. The van der Waals surface area contributed by atoms with E-state index in [1.807, 2.05) is 0 Å². The number of hydrogen-bond acceptors (Lipinski definition) is 2. The van der Waals surface area contributed by atoms with Gasteiger partial charge in [0.15, 0.2) is 0 Å². The van der Waals surface area contributed by atoms with Gasteiger partial charge >= 0.3 is 0 Å². The lowest BCUT2D eigenvalue weighted by Gasteiger charge is -2.40. The Balaban J connectivity index is 2.30. The number of nitrogens with one attached hydrogen (secondary N) is 1. The molecule has 1 aliphatic rings. The summed E-state index contributed by atoms with van der Waals surface area (Å²) in [5, 5.41) is 3.35. The lowest BCUT2D eigenvalue weighted by Crippen LogP contribution is -2.47. The van der Waals surface area contributed by atoms with E-state index in [0.717, 1.165) is 6.54 Å². The molecule has 0 spiro atoms. The number of benzene rings is 1. The van der Waals surface area contributed by atoms with Crippen molar-refractivity contribution in [2.24, 2.45) is 5.92 Å². The number of hydrogen-bond donors (Lipinski definition) is 1. The van der Waals surface area contributed by atoms with Gasteiger partial charge in [-0.25, -0.2) is 0 Å². The molecule has 0 bridgehead atoms. The predicted octanol–water partition coefficient (Wildman–Crippen LogP) is 2.99. The van der Waals surface area contributed by atoms with Gasteiger partial charge in [0, 0.05) is 24.8 Å². The van der Waals surface area contributed by atoms with Crippen LogP contribution in [-0.4, -0.2) is 26.2 Å². The fraction of sp³-hybridized carbons (Fsp3) is 0.625. The highest BCUT2D eigenvalue weighted by Crippen LogP contribution is 2.31. The lowest BCUT2D eigenvalue weighted by atomic mass is 9.94. The van der Waals surface area contributed by atoms with Gasteiger partial charge in [-0.3, -0.25) is 0 Å². The van der Waals surface area contributed by atoms with E-state index in [9.17, 15) is 0 Å². The summed E-state index contributed by atoms with van der Waals surface area (Å²) in [4.78, 5) is 2.61.